The van der Waals surface area contributed by atoms with Gasteiger partial charge in [0.1, 0.15) is 5.69 Å². The Kier molecular flexibility index (Phi) is 6.68. The molecule has 0 saturated carbocycles. The number of nitrogens with zero attached hydrogens (tertiary/aromatic N) is 1. The molecule has 0 aliphatic carbocycles. The Morgan fingerprint density at radius 2 is 1.86 bits per heavy atom. The van der Waals surface area contributed by atoms with Crippen LogP contribution in [-0.4, -0.2) is 30.1 Å². The maximum atomic E-state index is 12.3. The number of benzene rings is 1. The number of hydrogen-bond acceptors (Lipinski definition) is 4. The average Bonchev–Trinajstić information content (AvgIpc) is 3.20. The molecule has 1 aliphatic heterocycles. The molecule has 1 unspecified atom stereocenters. The molecular weight excluding hydrogens is 350 g/mol. The minimum atomic E-state index is -0.160. The first-order chi connectivity index (χ1) is 13.5. The molecular formula is C23H31N3O2. The maximum absolute atomic E-state index is 12.3. The third-order valence-corrected chi connectivity index (χ3v) is 5.15. The Balaban J connectivity index is 1.71. The van der Waals surface area contributed by atoms with Gasteiger partial charge in [0, 0.05) is 18.8 Å². The van der Waals surface area contributed by atoms with Gasteiger partial charge in [-0.3, -0.25) is 4.79 Å². The van der Waals surface area contributed by atoms with Crippen molar-refractivity contribution in [3.63, 3.8) is 0 Å². The number of amides is 1. The Bertz CT molecular complexity index is 768. The molecule has 1 saturated heterocycles. The molecule has 5 heteroatoms. The zero-order chi connectivity index (χ0) is 20.1. The quantitative estimate of drug-likeness (QED) is 0.710. The van der Waals surface area contributed by atoms with E-state index in [0.717, 1.165) is 30.8 Å². The van der Waals surface area contributed by atoms with Gasteiger partial charge in [-0.2, -0.15) is 0 Å². The number of anilines is 2. The van der Waals surface area contributed by atoms with E-state index >= 15 is 0 Å². The molecule has 1 atom stereocenters. The molecule has 5 nitrogen and oxygen atoms in total. The highest BCUT2D eigenvalue weighted by Gasteiger charge is 2.17. The van der Waals surface area contributed by atoms with E-state index in [4.69, 9.17) is 4.74 Å². The van der Waals surface area contributed by atoms with E-state index in [2.05, 4.69) is 61.5 Å². The lowest BCUT2D eigenvalue weighted by Crippen LogP contribution is -2.32. The number of pyridine rings is 1. The van der Waals surface area contributed by atoms with Crippen LogP contribution in [0.5, 0.6) is 0 Å². The first-order valence-electron chi connectivity index (χ1n) is 10.2. The number of hydrogen-bond donors (Lipinski definition) is 2. The SMILES string of the molecule is CC(C)c1cccc(C(C)C)c1Nc1ccc(C(=O)NCC2CCCO2)nc1. The predicted octanol–water partition coefficient (Wildman–Crippen LogP) is 4.98. The van der Waals surface area contributed by atoms with Crippen LogP contribution in [0, 0.1) is 0 Å². The molecule has 1 aliphatic rings. The van der Waals surface area contributed by atoms with Crippen molar-refractivity contribution in [1.29, 1.82) is 0 Å². The fourth-order valence-electron chi connectivity index (χ4n) is 3.54. The number of nitrogens with one attached hydrogen (secondary N) is 2. The van der Waals surface area contributed by atoms with Gasteiger partial charge in [-0.25, -0.2) is 4.98 Å². The van der Waals surface area contributed by atoms with Gasteiger partial charge in [0.05, 0.1) is 18.0 Å². The van der Waals surface area contributed by atoms with Gasteiger partial charge in [0.2, 0.25) is 0 Å². The van der Waals surface area contributed by atoms with Gasteiger partial charge < -0.3 is 15.4 Å². The van der Waals surface area contributed by atoms with Crippen molar-refractivity contribution in [2.24, 2.45) is 0 Å². The summed E-state index contributed by atoms with van der Waals surface area (Å²) in [4.78, 5) is 16.7. The number of para-hydroxylation sites is 1. The van der Waals surface area contributed by atoms with E-state index in [1.54, 1.807) is 12.3 Å². The molecule has 2 aromatic rings. The molecule has 2 N–H and O–H groups in total. The van der Waals surface area contributed by atoms with E-state index in [9.17, 15) is 4.79 Å². The van der Waals surface area contributed by atoms with Crippen LogP contribution in [0.15, 0.2) is 36.5 Å². The van der Waals surface area contributed by atoms with Crippen LogP contribution in [-0.2, 0) is 4.74 Å². The summed E-state index contributed by atoms with van der Waals surface area (Å²) in [5, 5.41) is 6.44. The summed E-state index contributed by atoms with van der Waals surface area (Å²) in [6, 6.07) is 10.1. The minimum Gasteiger partial charge on any atom is -0.376 e. The Hall–Kier alpha value is -2.40. The number of ether oxygens (including phenoxy) is 1. The van der Waals surface area contributed by atoms with Crippen molar-refractivity contribution in [3.05, 3.63) is 53.3 Å². The molecule has 0 radical (unpaired) electrons. The molecule has 3 rings (SSSR count). The number of rotatable bonds is 7. The van der Waals surface area contributed by atoms with Crippen molar-refractivity contribution >= 4 is 17.3 Å². The van der Waals surface area contributed by atoms with Crippen molar-refractivity contribution in [2.45, 2.75) is 58.5 Å². The second-order valence-corrected chi connectivity index (χ2v) is 8.02. The van der Waals surface area contributed by atoms with Crippen molar-refractivity contribution in [1.82, 2.24) is 10.3 Å². The zero-order valence-electron chi connectivity index (χ0n) is 17.3. The van der Waals surface area contributed by atoms with E-state index in [1.165, 1.54) is 11.1 Å². The van der Waals surface area contributed by atoms with E-state index in [-0.39, 0.29) is 12.0 Å². The lowest BCUT2D eigenvalue weighted by Gasteiger charge is -2.21. The smallest absolute Gasteiger partial charge is 0.269 e. The molecule has 0 spiro atoms. The van der Waals surface area contributed by atoms with Gasteiger partial charge in [0.25, 0.3) is 5.91 Å². The summed E-state index contributed by atoms with van der Waals surface area (Å²) in [6.07, 6.45) is 3.92. The Morgan fingerprint density at radius 1 is 1.14 bits per heavy atom. The zero-order valence-corrected chi connectivity index (χ0v) is 17.3. The molecule has 28 heavy (non-hydrogen) atoms. The van der Waals surface area contributed by atoms with E-state index in [1.807, 2.05) is 6.07 Å². The Morgan fingerprint density at radius 3 is 2.39 bits per heavy atom. The normalized spacial score (nSPS) is 16.6. The van der Waals surface area contributed by atoms with Crippen molar-refractivity contribution in [3.8, 4) is 0 Å². The molecule has 1 fully saturated rings. The van der Waals surface area contributed by atoms with Crippen LogP contribution >= 0.6 is 0 Å². The van der Waals surface area contributed by atoms with Crippen LogP contribution < -0.4 is 10.6 Å². The van der Waals surface area contributed by atoms with Crippen LogP contribution in [0.2, 0.25) is 0 Å². The molecule has 2 heterocycles. The highest BCUT2D eigenvalue weighted by atomic mass is 16.5. The second kappa shape index (κ2) is 9.20. The van der Waals surface area contributed by atoms with Crippen LogP contribution in [0.1, 0.15) is 74.0 Å². The monoisotopic (exact) mass is 381 g/mol. The van der Waals surface area contributed by atoms with Gasteiger partial charge in [-0.15, -0.1) is 0 Å². The highest BCUT2D eigenvalue weighted by molar-refractivity contribution is 5.92. The van der Waals surface area contributed by atoms with Crippen LogP contribution in [0.25, 0.3) is 0 Å². The number of carbonyl (C=O) groups is 1. The van der Waals surface area contributed by atoms with Gasteiger partial charge in [-0.1, -0.05) is 45.9 Å². The predicted molar refractivity (Wildman–Crippen MR) is 113 cm³/mol. The number of carbonyl (C=O) groups excluding carboxylic acids is 1. The topological polar surface area (TPSA) is 63.2 Å². The third kappa shape index (κ3) is 4.90. The first-order valence-corrected chi connectivity index (χ1v) is 10.2. The first kappa shape index (κ1) is 20.3. The molecule has 1 aromatic carbocycles. The van der Waals surface area contributed by atoms with Gasteiger partial charge in [0.15, 0.2) is 0 Å². The Labute approximate surface area is 167 Å². The lowest BCUT2D eigenvalue weighted by molar-refractivity contribution is 0.0854. The summed E-state index contributed by atoms with van der Waals surface area (Å²) >= 11 is 0. The minimum absolute atomic E-state index is 0.131. The molecule has 1 aromatic heterocycles. The van der Waals surface area contributed by atoms with Crippen molar-refractivity contribution in [2.75, 3.05) is 18.5 Å². The van der Waals surface area contributed by atoms with Gasteiger partial charge >= 0.3 is 0 Å². The maximum Gasteiger partial charge on any atom is 0.269 e. The largest absolute Gasteiger partial charge is 0.376 e. The molecule has 0 bridgehead atoms. The summed E-state index contributed by atoms with van der Waals surface area (Å²) < 4.78 is 5.54. The molecule has 150 valence electrons. The fraction of sp³-hybridized carbons (Fsp3) is 0.478. The fourth-order valence-corrected chi connectivity index (χ4v) is 3.54. The summed E-state index contributed by atoms with van der Waals surface area (Å²) in [5.41, 5.74) is 5.01. The molecule has 1 amide bonds. The average molecular weight is 382 g/mol. The third-order valence-electron chi connectivity index (χ3n) is 5.15. The summed E-state index contributed by atoms with van der Waals surface area (Å²) in [6.45, 7) is 10.1. The summed E-state index contributed by atoms with van der Waals surface area (Å²) in [5.74, 6) is 0.668. The summed E-state index contributed by atoms with van der Waals surface area (Å²) in [7, 11) is 0. The van der Waals surface area contributed by atoms with Crippen LogP contribution in [0.3, 0.4) is 0 Å². The highest BCUT2D eigenvalue weighted by Crippen LogP contribution is 2.34. The van der Waals surface area contributed by atoms with E-state index in [0.29, 0.717) is 24.1 Å². The van der Waals surface area contributed by atoms with Crippen LogP contribution in [0.4, 0.5) is 11.4 Å². The van der Waals surface area contributed by atoms with Gasteiger partial charge in [-0.05, 0) is 47.9 Å². The number of aromatic nitrogens is 1. The van der Waals surface area contributed by atoms with E-state index < -0.39 is 0 Å². The van der Waals surface area contributed by atoms with Crippen molar-refractivity contribution < 1.29 is 9.53 Å². The lowest BCUT2D eigenvalue weighted by atomic mass is 9.92. The second-order valence-electron chi connectivity index (χ2n) is 8.02. The standard InChI is InChI=1S/C23H31N3O2/c1-15(2)19-8-5-9-20(16(3)4)22(19)26-17-10-11-21(24-13-17)23(27)25-14-18-7-6-12-28-18/h5,8-11,13,15-16,18,26H,6-7,12,14H2,1-4H3,(H,25,27).